The summed E-state index contributed by atoms with van der Waals surface area (Å²) in [5.41, 5.74) is 0. The summed E-state index contributed by atoms with van der Waals surface area (Å²) in [6.45, 7) is 0. The molecule has 0 heterocycles. The summed E-state index contributed by atoms with van der Waals surface area (Å²) in [5, 5.41) is 0.880. The monoisotopic (exact) mass is 210 g/mol. The molecule has 0 amide bonds. The maximum absolute atomic E-state index is 5.93. The van der Waals surface area contributed by atoms with Crippen LogP contribution in [0.2, 0.25) is 0 Å². The van der Waals surface area contributed by atoms with E-state index in [9.17, 15) is 0 Å². The van der Waals surface area contributed by atoms with Crippen LogP contribution < -0.4 is 5.30 Å². The van der Waals surface area contributed by atoms with Crippen molar-refractivity contribution < 1.29 is 4.52 Å². The Kier molecular flexibility index (Phi) is 3.15. The number of hydrogen-bond donors (Lipinski definition) is 0. The molecule has 0 fully saturated rings. The van der Waals surface area contributed by atoms with Gasteiger partial charge < -0.3 is 0 Å². The number of rotatable bonds is 2. The Bertz CT molecular complexity index is 225. The molecule has 0 bridgehead atoms. The van der Waals surface area contributed by atoms with Gasteiger partial charge in [0.25, 0.3) is 0 Å². The molecule has 62 valence electrons. The molecular formula is C7H9Cl2OP. The van der Waals surface area contributed by atoms with Crippen LogP contribution in [0.25, 0.3) is 0 Å². The second-order valence-corrected chi connectivity index (χ2v) is 7.88. The zero-order valence-electron chi connectivity index (χ0n) is 6.05. The third-order valence-corrected chi connectivity index (χ3v) is 5.12. The second-order valence-electron chi connectivity index (χ2n) is 2.09. The van der Waals surface area contributed by atoms with Crippen molar-refractivity contribution in [2.75, 3.05) is 7.11 Å². The quantitative estimate of drug-likeness (QED) is 0.683. The van der Waals surface area contributed by atoms with E-state index >= 15 is 0 Å². The van der Waals surface area contributed by atoms with Gasteiger partial charge in [-0.15, -0.1) is 0 Å². The zero-order chi connectivity index (χ0) is 8.32. The van der Waals surface area contributed by atoms with Crippen LogP contribution in [0.1, 0.15) is 0 Å². The summed E-state index contributed by atoms with van der Waals surface area (Å²) in [6, 6.07) is 9.44. The zero-order valence-corrected chi connectivity index (χ0v) is 8.56. The van der Waals surface area contributed by atoms with Crippen molar-refractivity contribution in [3.05, 3.63) is 30.3 Å². The van der Waals surface area contributed by atoms with Crippen LogP contribution in [0, 0.1) is 0 Å². The van der Waals surface area contributed by atoms with Gasteiger partial charge in [0.2, 0.25) is 0 Å². The van der Waals surface area contributed by atoms with Crippen LogP contribution in [0.4, 0.5) is 0 Å². The topological polar surface area (TPSA) is 9.23 Å². The molecule has 0 radical (unpaired) electrons. The fourth-order valence-electron chi connectivity index (χ4n) is 0.750. The molecule has 0 saturated heterocycles. The molecule has 1 aromatic carbocycles. The first kappa shape index (κ1) is 9.28. The van der Waals surface area contributed by atoms with Gasteiger partial charge in [-0.2, -0.15) is 0 Å². The van der Waals surface area contributed by atoms with Crippen molar-refractivity contribution in [3.8, 4) is 0 Å². The molecule has 0 unspecified atom stereocenters. The van der Waals surface area contributed by atoms with Gasteiger partial charge in [0.05, 0.1) is 0 Å². The van der Waals surface area contributed by atoms with Crippen molar-refractivity contribution in [3.63, 3.8) is 0 Å². The molecular weight excluding hydrogens is 202 g/mol. The first-order valence-corrected chi connectivity index (χ1v) is 7.08. The average Bonchev–Trinajstić information content (AvgIpc) is 2.06. The minimum absolute atomic E-state index is 0.880. The van der Waals surface area contributed by atoms with Gasteiger partial charge >= 0.3 is 75.9 Å². The van der Waals surface area contributed by atoms with E-state index < -0.39 is 6.19 Å². The normalized spacial score (nSPS) is 13.0. The SMILES string of the molecule is CO[PH](Cl)(Cl)c1ccccc1. The molecule has 0 N–H and O–H groups in total. The van der Waals surface area contributed by atoms with Crippen molar-refractivity contribution in [1.82, 2.24) is 0 Å². The molecule has 0 saturated carbocycles. The van der Waals surface area contributed by atoms with Crippen molar-refractivity contribution in [2.45, 2.75) is 0 Å². The van der Waals surface area contributed by atoms with Crippen LogP contribution >= 0.6 is 28.7 Å². The Balaban J connectivity index is 2.93. The van der Waals surface area contributed by atoms with E-state index in [2.05, 4.69) is 0 Å². The number of halogens is 2. The number of hydrogen-bond acceptors (Lipinski definition) is 1. The van der Waals surface area contributed by atoms with Gasteiger partial charge in [-0.25, -0.2) is 0 Å². The molecule has 4 heteroatoms. The predicted octanol–water partition coefficient (Wildman–Crippen LogP) is 2.93. The Morgan fingerprint density at radius 1 is 1.18 bits per heavy atom. The van der Waals surface area contributed by atoms with Crippen molar-refractivity contribution >= 4 is 34.0 Å². The van der Waals surface area contributed by atoms with E-state index in [1.54, 1.807) is 0 Å². The Labute approximate surface area is 76.3 Å². The summed E-state index contributed by atoms with van der Waals surface area (Å²) in [4.78, 5) is 0. The van der Waals surface area contributed by atoms with Crippen LogP contribution in [-0.2, 0) is 4.52 Å². The molecule has 0 aliphatic rings. The van der Waals surface area contributed by atoms with E-state index in [0.717, 1.165) is 5.30 Å². The summed E-state index contributed by atoms with van der Waals surface area (Å²) in [6.07, 6.45) is -2.61. The standard InChI is InChI=1S/C7H9Cl2OP/c1-10-11(8,9)7-5-3-2-4-6-7/h2-6,11H,1H3. The molecule has 1 rings (SSSR count). The summed E-state index contributed by atoms with van der Waals surface area (Å²) >= 11 is 11.9. The summed E-state index contributed by atoms with van der Waals surface area (Å²) < 4.78 is 4.99. The molecule has 0 atom stereocenters. The van der Waals surface area contributed by atoms with Crippen molar-refractivity contribution in [2.24, 2.45) is 0 Å². The molecule has 1 aromatic rings. The van der Waals surface area contributed by atoms with E-state index in [0.29, 0.717) is 0 Å². The van der Waals surface area contributed by atoms with E-state index in [1.165, 1.54) is 7.11 Å². The fourth-order valence-corrected chi connectivity index (χ4v) is 2.32. The molecule has 0 spiro atoms. The second kappa shape index (κ2) is 3.73. The third kappa shape index (κ3) is 2.31. The van der Waals surface area contributed by atoms with Gasteiger partial charge in [-0.1, -0.05) is 0 Å². The van der Waals surface area contributed by atoms with Crippen LogP contribution in [0.3, 0.4) is 0 Å². The molecule has 0 aliphatic heterocycles. The Hall–Kier alpha value is 0.190. The number of benzene rings is 1. The van der Waals surface area contributed by atoms with Crippen LogP contribution in [0.5, 0.6) is 0 Å². The van der Waals surface area contributed by atoms with Gasteiger partial charge in [0, 0.05) is 0 Å². The van der Waals surface area contributed by atoms with Gasteiger partial charge in [0.15, 0.2) is 0 Å². The Morgan fingerprint density at radius 3 is 2.18 bits per heavy atom. The van der Waals surface area contributed by atoms with Crippen molar-refractivity contribution in [1.29, 1.82) is 0 Å². The van der Waals surface area contributed by atoms with E-state index in [1.807, 2.05) is 30.3 Å². The third-order valence-electron chi connectivity index (χ3n) is 1.37. The summed E-state index contributed by atoms with van der Waals surface area (Å²) in [7, 11) is 1.53. The van der Waals surface area contributed by atoms with Gasteiger partial charge in [-0.3, -0.25) is 0 Å². The van der Waals surface area contributed by atoms with E-state index in [-0.39, 0.29) is 0 Å². The molecule has 1 nitrogen and oxygen atoms in total. The molecule has 0 aromatic heterocycles. The molecule has 0 aliphatic carbocycles. The Morgan fingerprint density at radius 2 is 1.73 bits per heavy atom. The van der Waals surface area contributed by atoms with Gasteiger partial charge in [-0.05, 0) is 0 Å². The minimum atomic E-state index is -2.61. The van der Waals surface area contributed by atoms with Crippen LogP contribution in [0.15, 0.2) is 30.3 Å². The van der Waals surface area contributed by atoms with Crippen LogP contribution in [-0.4, -0.2) is 7.11 Å². The summed E-state index contributed by atoms with van der Waals surface area (Å²) in [5.74, 6) is 0. The predicted molar refractivity (Wildman–Crippen MR) is 53.1 cm³/mol. The van der Waals surface area contributed by atoms with Gasteiger partial charge in [0.1, 0.15) is 0 Å². The first-order chi connectivity index (χ1) is 5.17. The average molecular weight is 211 g/mol. The fraction of sp³-hybridized carbons (Fsp3) is 0.143. The van der Waals surface area contributed by atoms with E-state index in [4.69, 9.17) is 27.0 Å². The first-order valence-electron chi connectivity index (χ1n) is 3.15. The molecule has 11 heavy (non-hydrogen) atoms. The maximum atomic E-state index is 5.93.